The number of nitrogens with two attached hydrogens (primary N) is 1. The van der Waals surface area contributed by atoms with E-state index >= 15 is 0 Å². The van der Waals surface area contributed by atoms with Crippen LogP contribution in [-0.2, 0) is 6.61 Å². The quantitative estimate of drug-likeness (QED) is 0.672. The normalized spacial score (nSPS) is 10.1. The summed E-state index contributed by atoms with van der Waals surface area (Å²) in [5.74, 6) is 0.786. The van der Waals surface area contributed by atoms with Crippen LogP contribution in [0.4, 0.5) is 0 Å². The molecule has 0 saturated heterocycles. The van der Waals surface area contributed by atoms with Crippen molar-refractivity contribution in [3.05, 3.63) is 64.1 Å². The molecule has 3 N–H and O–H groups in total. The second-order valence-electron chi connectivity index (χ2n) is 3.83. The molecule has 0 aliphatic heterocycles. The van der Waals surface area contributed by atoms with E-state index in [4.69, 9.17) is 15.9 Å². The monoisotopic (exact) mass is 304 g/mol. The van der Waals surface area contributed by atoms with Crippen LogP contribution in [0.25, 0.3) is 0 Å². The highest BCUT2D eigenvalue weighted by Crippen LogP contribution is 2.26. The van der Waals surface area contributed by atoms with E-state index < -0.39 is 0 Å². The van der Waals surface area contributed by atoms with E-state index in [9.17, 15) is 0 Å². The Kier molecular flexibility index (Phi) is 3.99. The van der Waals surface area contributed by atoms with Crippen LogP contribution in [0.1, 0.15) is 11.1 Å². The third kappa shape index (κ3) is 3.11. The van der Waals surface area contributed by atoms with Gasteiger partial charge in [-0.25, -0.2) is 0 Å². The van der Waals surface area contributed by atoms with Crippen LogP contribution in [0.15, 0.2) is 53.0 Å². The lowest BCUT2D eigenvalue weighted by atomic mass is 10.2. The third-order valence-corrected chi connectivity index (χ3v) is 3.10. The van der Waals surface area contributed by atoms with Gasteiger partial charge in [0, 0.05) is 5.56 Å². The van der Waals surface area contributed by atoms with Crippen LogP contribution in [0, 0.1) is 5.41 Å². The van der Waals surface area contributed by atoms with Gasteiger partial charge in [-0.15, -0.1) is 0 Å². The Morgan fingerprint density at radius 2 is 1.89 bits per heavy atom. The van der Waals surface area contributed by atoms with Gasteiger partial charge < -0.3 is 10.5 Å². The van der Waals surface area contributed by atoms with Gasteiger partial charge in [0.05, 0.1) is 4.47 Å². The Balaban J connectivity index is 2.08. The summed E-state index contributed by atoms with van der Waals surface area (Å²) < 4.78 is 6.50. The average molecular weight is 305 g/mol. The average Bonchev–Trinajstić information content (AvgIpc) is 2.38. The van der Waals surface area contributed by atoms with Crippen LogP contribution < -0.4 is 10.5 Å². The van der Waals surface area contributed by atoms with Crippen molar-refractivity contribution < 1.29 is 4.74 Å². The number of amidine groups is 1. The Hall–Kier alpha value is -1.81. The number of benzene rings is 2. The van der Waals surface area contributed by atoms with Gasteiger partial charge in [-0.3, -0.25) is 5.41 Å². The van der Waals surface area contributed by atoms with E-state index in [-0.39, 0.29) is 5.84 Å². The zero-order valence-electron chi connectivity index (χ0n) is 9.69. The van der Waals surface area contributed by atoms with E-state index in [0.717, 1.165) is 15.8 Å². The van der Waals surface area contributed by atoms with E-state index in [2.05, 4.69) is 15.9 Å². The number of hydrogen-bond acceptors (Lipinski definition) is 2. The maximum atomic E-state index is 7.36. The van der Waals surface area contributed by atoms with Crippen molar-refractivity contribution in [3.8, 4) is 5.75 Å². The number of hydrogen-bond donors (Lipinski definition) is 2. The molecular formula is C14H13BrN2O. The van der Waals surface area contributed by atoms with Crippen molar-refractivity contribution in [3.63, 3.8) is 0 Å². The van der Waals surface area contributed by atoms with Crippen LogP contribution in [0.2, 0.25) is 0 Å². The fraction of sp³-hybridized carbons (Fsp3) is 0.0714. The van der Waals surface area contributed by atoms with Crippen LogP contribution in [0.3, 0.4) is 0 Å². The molecule has 0 spiro atoms. The third-order valence-electron chi connectivity index (χ3n) is 2.48. The highest BCUT2D eigenvalue weighted by molar-refractivity contribution is 9.10. The summed E-state index contributed by atoms with van der Waals surface area (Å²) in [5.41, 5.74) is 7.21. The zero-order chi connectivity index (χ0) is 13.0. The molecule has 0 aliphatic rings. The molecule has 0 atom stereocenters. The van der Waals surface area contributed by atoms with Crippen molar-refractivity contribution in [1.82, 2.24) is 0 Å². The van der Waals surface area contributed by atoms with E-state index in [1.807, 2.05) is 36.4 Å². The first-order chi connectivity index (χ1) is 8.66. The number of rotatable bonds is 4. The van der Waals surface area contributed by atoms with Gasteiger partial charge in [-0.05, 0) is 39.7 Å². The first kappa shape index (κ1) is 12.6. The Bertz CT molecular complexity index is 555. The van der Waals surface area contributed by atoms with Gasteiger partial charge in [0.1, 0.15) is 18.2 Å². The first-order valence-electron chi connectivity index (χ1n) is 5.47. The fourth-order valence-corrected chi connectivity index (χ4v) is 2.01. The van der Waals surface area contributed by atoms with Crippen LogP contribution in [-0.4, -0.2) is 5.84 Å². The highest BCUT2D eigenvalue weighted by Gasteiger charge is 2.04. The van der Waals surface area contributed by atoms with Crippen molar-refractivity contribution >= 4 is 21.8 Å². The molecule has 92 valence electrons. The number of nitrogens with one attached hydrogen (secondary N) is 1. The summed E-state index contributed by atoms with van der Waals surface area (Å²) >= 11 is 3.41. The standard InChI is InChI=1S/C14H13BrN2O/c15-12-8-11(14(16)17)6-7-13(12)18-9-10-4-2-1-3-5-10/h1-8H,9H2,(H3,16,17). The molecule has 0 amide bonds. The molecular weight excluding hydrogens is 292 g/mol. The van der Waals surface area contributed by atoms with Gasteiger partial charge in [-0.1, -0.05) is 30.3 Å². The SMILES string of the molecule is N=C(N)c1ccc(OCc2ccccc2)c(Br)c1. The lowest BCUT2D eigenvalue weighted by Crippen LogP contribution is -2.10. The Morgan fingerprint density at radius 1 is 1.17 bits per heavy atom. The van der Waals surface area contributed by atoms with Crippen molar-refractivity contribution in [2.24, 2.45) is 5.73 Å². The number of ether oxygens (including phenoxy) is 1. The summed E-state index contributed by atoms with van der Waals surface area (Å²) in [6, 6.07) is 15.3. The maximum Gasteiger partial charge on any atom is 0.134 e. The van der Waals surface area contributed by atoms with Crippen molar-refractivity contribution in [2.45, 2.75) is 6.61 Å². The second-order valence-corrected chi connectivity index (χ2v) is 4.69. The molecule has 0 saturated carbocycles. The Labute approximate surface area is 114 Å². The topological polar surface area (TPSA) is 59.1 Å². The second kappa shape index (κ2) is 5.69. The van der Waals surface area contributed by atoms with Crippen LogP contribution >= 0.6 is 15.9 Å². The molecule has 2 aromatic carbocycles. The molecule has 0 fully saturated rings. The molecule has 0 radical (unpaired) electrons. The highest BCUT2D eigenvalue weighted by atomic mass is 79.9. The van der Waals surface area contributed by atoms with Crippen molar-refractivity contribution in [2.75, 3.05) is 0 Å². The maximum absolute atomic E-state index is 7.36. The minimum absolute atomic E-state index is 0.0466. The predicted molar refractivity (Wildman–Crippen MR) is 75.9 cm³/mol. The smallest absolute Gasteiger partial charge is 0.134 e. The molecule has 18 heavy (non-hydrogen) atoms. The molecule has 0 aromatic heterocycles. The summed E-state index contributed by atoms with van der Waals surface area (Å²) in [4.78, 5) is 0. The molecule has 0 heterocycles. The molecule has 0 bridgehead atoms. The van der Waals surface area contributed by atoms with Gasteiger partial charge >= 0.3 is 0 Å². The van der Waals surface area contributed by atoms with E-state index in [1.165, 1.54) is 0 Å². The lowest BCUT2D eigenvalue weighted by Gasteiger charge is -2.09. The Morgan fingerprint density at radius 3 is 2.50 bits per heavy atom. The first-order valence-corrected chi connectivity index (χ1v) is 6.27. The summed E-state index contributed by atoms with van der Waals surface area (Å²) in [6.07, 6.45) is 0. The molecule has 0 aliphatic carbocycles. The van der Waals surface area contributed by atoms with Gasteiger partial charge in [0.2, 0.25) is 0 Å². The summed E-state index contributed by atoms with van der Waals surface area (Å²) in [7, 11) is 0. The largest absolute Gasteiger partial charge is 0.488 e. The van der Waals surface area contributed by atoms with Crippen molar-refractivity contribution in [1.29, 1.82) is 5.41 Å². The predicted octanol–water partition coefficient (Wildman–Crippen LogP) is 3.31. The number of nitrogen functional groups attached to an aromatic ring is 1. The van der Waals surface area contributed by atoms with Gasteiger partial charge in [0.25, 0.3) is 0 Å². The molecule has 2 aromatic rings. The van der Waals surface area contributed by atoms with Gasteiger partial charge in [-0.2, -0.15) is 0 Å². The summed E-state index contributed by atoms with van der Waals surface area (Å²) in [5, 5.41) is 7.36. The van der Waals surface area contributed by atoms with Gasteiger partial charge in [0.15, 0.2) is 0 Å². The fourth-order valence-electron chi connectivity index (χ4n) is 1.52. The summed E-state index contributed by atoms with van der Waals surface area (Å²) in [6.45, 7) is 0.513. The number of halogens is 1. The minimum atomic E-state index is 0.0466. The molecule has 2 rings (SSSR count). The molecule has 3 nitrogen and oxygen atoms in total. The molecule has 4 heteroatoms. The van der Waals surface area contributed by atoms with E-state index in [0.29, 0.717) is 12.2 Å². The molecule has 0 unspecified atom stereocenters. The lowest BCUT2D eigenvalue weighted by molar-refractivity contribution is 0.304. The minimum Gasteiger partial charge on any atom is -0.488 e. The van der Waals surface area contributed by atoms with Crippen LogP contribution in [0.5, 0.6) is 5.75 Å². The van der Waals surface area contributed by atoms with E-state index in [1.54, 1.807) is 12.1 Å². The zero-order valence-corrected chi connectivity index (χ0v) is 11.3.